The summed E-state index contributed by atoms with van der Waals surface area (Å²) in [6, 6.07) is 16.0. The van der Waals surface area contributed by atoms with Gasteiger partial charge in [0.1, 0.15) is 5.58 Å². The van der Waals surface area contributed by atoms with Gasteiger partial charge in [-0.05, 0) is 48.1 Å². The second-order valence-electron chi connectivity index (χ2n) is 6.65. The molecule has 0 radical (unpaired) electrons. The number of fused-ring (bicyclic) bond motifs is 1. The molecule has 1 fully saturated rings. The maximum absolute atomic E-state index is 12.9. The van der Waals surface area contributed by atoms with E-state index in [1.165, 1.54) is 11.1 Å². The van der Waals surface area contributed by atoms with Gasteiger partial charge in [0.25, 0.3) is 5.91 Å². The Morgan fingerprint density at radius 2 is 1.92 bits per heavy atom. The average Bonchev–Trinajstić information content (AvgIpc) is 3.16. The third-order valence-corrected chi connectivity index (χ3v) is 5.17. The minimum Gasteiger partial charge on any atom is -0.464 e. The number of rotatable bonds is 3. The van der Waals surface area contributed by atoms with Gasteiger partial charge in [0.15, 0.2) is 0 Å². The van der Waals surface area contributed by atoms with E-state index < -0.39 is 0 Å². The summed E-state index contributed by atoms with van der Waals surface area (Å²) in [5.74, 6) is 0.599. The molecule has 2 aromatic carbocycles. The highest BCUT2D eigenvalue weighted by molar-refractivity contribution is 6.05. The third-order valence-electron chi connectivity index (χ3n) is 5.17. The number of piperidine rings is 1. The van der Waals surface area contributed by atoms with Crippen molar-refractivity contribution in [3.63, 3.8) is 0 Å². The quantitative estimate of drug-likeness (QED) is 0.790. The summed E-state index contributed by atoms with van der Waals surface area (Å²) in [4.78, 5) is 14.9. The predicted molar refractivity (Wildman–Crippen MR) is 98.4 cm³/mol. The van der Waals surface area contributed by atoms with Crippen molar-refractivity contribution in [2.24, 2.45) is 5.73 Å². The molecular formula is C21H22N2O2. The summed E-state index contributed by atoms with van der Waals surface area (Å²) in [6.45, 7) is 2.13. The number of likely N-dealkylation sites (tertiary alicyclic amines) is 1. The Morgan fingerprint density at radius 3 is 2.72 bits per heavy atom. The van der Waals surface area contributed by atoms with E-state index in [0.717, 1.165) is 42.5 Å². The van der Waals surface area contributed by atoms with Crippen molar-refractivity contribution in [3.8, 4) is 0 Å². The molecule has 3 aromatic rings. The fourth-order valence-corrected chi connectivity index (χ4v) is 3.74. The van der Waals surface area contributed by atoms with E-state index >= 15 is 0 Å². The molecule has 0 atom stereocenters. The number of benzene rings is 2. The zero-order valence-electron chi connectivity index (χ0n) is 14.2. The molecule has 1 aromatic heterocycles. The van der Waals surface area contributed by atoms with Crippen LogP contribution >= 0.6 is 0 Å². The lowest BCUT2D eigenvalue weighted by Gasteiger charge is -2.32. The zero-order valence-corrected chi connectivity index (χ0v) is 14.2. The Bertz CT molecular complexity index is 892. The van der Waals surface area contributed by atoms with E-state index in [4.69, 9.17) is 10.2 Å². The molecule has 2 N–H and O–H groups in total. The van der Waals surface area contributed by atoms with Crippen LogP contribution in [-0.2, 0) is 6.54 Å². The maximum atomic E-state index is 12.9. The molecule has 1 aliphatic heterocycles. The van der Waals surface area contributed by atoms with Crippen molar-refractivity contribution < 1.29 is 9.21 Å². The Morgan fingerprint density at radius 1 is 1.12 bits per heavy atom. The second-order valence-corrected chi connectivity index (χ2v) is 6.65. The molecule has 25 heavy (non-hydrogen) atoms. The van der Waals surface area contributed by atoms with Gasteiger partial charge in [-0.15, -0.1) is 0 Å². The van der Waals surface area contributed by atoms with Gasteiger partial charge in [-0.25, -0.2) is 0 Å². The number of nitrogens with zero attached hydrogens (tertiary/aromatic N) is 1. The van der Waals surface area contributed by atoms with Crippen LogP contribution in [-0.4, -0.2) is 23.9 Å². The Kier molecular flexibility index (Phi) is 4.28. The number of hydrogen-bond donors (Lipinski definition) is 1. The Balaban J connectivity index is 1.48. The molecule has 0 unspecified atom stereocenters. The summed E-state index contributed by atoms with van der Waals surface area (Å²) < 4.78 is 5.41. The van der Waals surface area contributed by atoms with Crippen molar-refractivity contribution in [2.75, 3.05) is 13.1 Å². The van der Waals surface area contributed by atoms with Crippen molar-refractivity contribution in [1.82, 2.24) is 4.90 Å². The van der Waals surface area contributed by atoms with Crippen LogP contribution in [0.3, 0.4) is 0 Å². The Labute approximate surface area is 147 Å². The number of furan rings is 1. The number of hydrogen-bond acceptors (Lipinski definition) is 3. The highest BCUT2D eigenvalue weighted by Gasteiger charge is 2.25. The van der Waals surface area contributed by atoms with Gasteiger partial charge in [0.2, 0.25) is 0 Å². The van der Waals surface area contributed by atoms with E-state index in [0.29, 0.717) is 12.5 Å². The third kappa shape index (κ3) is 3.05. The van der Waals surface area contributed by atoms with E-state index in [1.54, 1.807) is 6.26 Å². The lowest BCUT2D eigenvalue weighted by Crippen LogP contribution is -2.38. The lowest BCUT2D eigenvalue weighted by molar-refractivity contribution is 0.0715. The van der Waals surface area contributed by atoms with Crippen LogP contribution in [0.4, 0.5) is 0 Å². The lowest BCUT2D eigenvalue weighted by atomic mass is 9.88. The van der Waals surface area contributed by atoms with Crippen LogP contribution in [0.2, 0.25) is 0 Å². The average molecular weight is 334 g/mol. The molecular weight excluding hydrogens is 312 g/mol. The first kappa shape index (κ1) is 15.9. The largest absolute Gasteiger partial charge is 0.464 e. The molecule has 4 nitrogen and oxygen atoms in total. The topological polar surface area (TPSA) is 59.5 Å². The van der Waals surface area contributed by atoms with Crippen LogP contribution in [0.5, 0.6) is 0 Å². The summed E-state index contributed by atoms with van der Waals surface area (Å²) in [6.07, 6.45) is 3.61. The van der Waals surface area contributed by atoms with Crippen LogP contribution in [0.25, 0.3) is 11.0 Å². The van der Waals surface area contributed by atoms with Gasteiger partial charge in [0, 0.05) is 25.0 Å². The molecule has 4 heteroatoms. The van der Waals surface area contributed by atoms with Gasteiger partial charge in [-0.1, -0.05) is 30.3 Å². The van der Waals surface area contributed by atoms with Crippen LogP contribution < -0.4 is 5.73 Å². The summed E-state index contributed by atoms with van der Waals surface area (Å²) in [5.41, 5.74) is 9.75. The molecule has 1 aliphatic rings. The zero-order chi connectivity index (χ0) is 17.2. The molecule has 0 bridgehead atoms. The highest BCUT2D eigenvalue weighted by atomic mass is 16.3. The van der Waals surface area contributed by atoms with Gasteiger partial charge >= 0.3 is 0 Å². The SMILES string of the molecule is NCc1cccc(C2CCN(C(=O)c3cccc4occc34)CC2)c1. The minimum absolute atomic E-state index is 0.0983. The normalized spacial score (nSPS) is 15.6. The molecule has 128 valence electrons. The molecule has 0 saturated carbocycles. The fourth-order valence-electron chi connectivity index (χ4n) is 3.74. The second kappa shape index (κ2) is 6.73. The fraction of sp³-hybridized carbons (Fsp3) is 0.286. The van der Waals surface area contributed by atoms with Crippen molar-refractivity contribution in [2.45, 2.75) is 25.3 Å². The van der Waals surface area contributed by atoms with Gasteiger partial charge in [-0.2, -0.15) is 0 Å². The highest BCUT2D eigenvalue weighted by Crippen LogP contribution is 2.30. The number of amides is 1. The van der Waals surface area contributed by atoms with Crippen LogP contribution in [0, 0.1) is 0 Å². The predicted octanol–water partition coefficient (Wildman–Crippen LogP) is 3.91. The summed E-state index contributed by atoms with van der Waals surface area (Å²) in [5, 5.41) is 0.894. The molecule has 0 aliphatic carbocycles. The van der Waals surface area contributed by atoms with Crippen LogP contribution in [0.1, 0.15) is 40.2 Å². The first-order chi connectivity index (χ1) is 12.3. The minimum atomic E-state index is 0.0983. The van der Waals surface area contributed by atoms with E-state index in [2.05, 4.69) is 24.3 Å². The first-order valence-corrected chi connectivity index (χ1v) is 8.80. The van der Waals surface area contributed by atoms with Crippen LogP contribution in [0.15, 0.2) is 59.2 Å². The van der Waals surface area contributed by atoms with Crippen molar-refractivity contribution in [1.29, 1.82) is 0 Å². The maximum Gasteiger partial charge on any atom is 0.254 e. The summed E-state index contributed by atoms with van der Waals surface area (Å²) >= 11 is 0. The van der Waals surface area contributed by atoms with E-state index in [9.17, 15) is 4.79 Å². The number of carbonyl (C=O) groups excluding carboxylic acids is 1. The van der Waals surface area contributed by atoms with Crippen molar-refractivity contribution in [3.05, 3.63) is 71.5 Å². The smallest absolute Gasteiger partial charge is 0.254 e. The molecule has 1 amide bonds. The summed E-state index contributed by atoms with van der Waals surface area (Å²) in [7, 11) is 0. The Hall–Kier alpha value is -2.59. The first-order valence-electron chi connectivity index (χ1n) is 8.80. The molecule has 4 rings (SSSR count). The van der Waals surface area contributed by atoms with Crippen molar-refractivity contribution >= 4 is 16.9 Å². The van der Waals surface area contributed by atoms with E-state index in [1.807, 2.05) is 29.2 Å². The van der Waals surface area contributed by atoms with Gasteiger partial charge in [-0.3, -0.25) is 4.79 Å². The van der Waals surface area contributed by atoms with Gasteiger partial charge < -0.3 is 15.1 Å². The monoisotopic (exact) mass is 334 g/mol. The number of nitrogens with two attached hydrogens (primary N) is 1. The molecule has 1 saturated heterocycles. The van der Waals surface area contributed by atoms with Gasteiger partial charge in [0.05, 0.1) is 11.8 Å². The number of carbonyl (C=O) groups is 1. The molecule has 2 heterocycles. The van der Waals surface area contributed by atoms with E-state index in [-0.39, 0.29) is 5.91 Å². The standard InChI is InChI=1S/C21H22N2O2/c22-14-15-3-1-4-17(13-15)16-7-10-23(11-8-16)21(24)19-5-2-6-20-18(19)9-12-25-20/h1-6,9,12-13,16H,7-8,10-11,14,22H2. The molecule has 0 spiro atoms.